The molecule has 1 heterocycles. The highest BCUT2D eigenvalue weighted by molar-refractivity contribution is 6.00. The summed E-state index contributed by atoms with van der Waals surface area (Å²) in [6.07, 6.45) is 0. The number of nitrogens with zero attached hydrogens (tertiary/aromatic N) is 1. The second-order valence-electron chi connectivity index (χ2n) is 5.96. The van der Waals surface area contributed by atoms with Gasteiger partial charge in [0.1, 0.15) is 23.9 Å². The average molecular weight is 370 g/mol. The lowest BCUT2D eigenvalue weighted by molar-refractivity contribution is -0.118. The molecule has 0 unspecified atom stereocenters. The Bertz CT molecular complexity index is 820. The molecule has 0 aromatic heterocycles. The first-order chi connectivity index (χ1) is 13.1. The van der Waals surface area contributed by atoms with Crippen LogP contribution in [0.5, 0.6) is 17.2 Å². The Morgan fingerprint density at radius 2 is 1.93 bits per heavy atom. The summed E-state index contributed by atoms with van der Waals surface area (Å²) in [5, 5.41) is 2.74. The van der Waals surface area contributed by atoms with E-state index in [1.165, 1.54) is 0 Å². The predicted octanol–water partition coefficient (Wildman–Crippen LogP) is 2.57. The summed E-state index contributed by atoms with van der Waals surface area (Å²) in [6.45, 7) is 3.38. The molecule has 142 valence electrons. The summed E-state index contributed by atoms with van der Waals surface area (Å²) in [6, 6.07) is 12.0. The molecule has 0 aliphatic carbocycles. The normalized spacial score (nSPS) is 13.3. The van der Waals surface area contributed by atoms with Gasteiger partial charge in [0.15, 0.2) is 6.61 Å². The zero-order chi connectivity index (χ0) is 19.2. The standard InChI is InChI=1S/C20H22N2O5/c1-3-22-10-11-26-18-9-4-14(12-17(18)20(22)24)21-19(23)13-27-16-7-5-15(25-2)6-8-16/h4-9,12H,3,10-11,13H2,1-2H3,(H,21,23). The maximum absolute atomic E-state index is 12.6. The molecular weight excluding hydrogens is 348 g/mol. The molecule has 0 saturated carbocycles. The Morgan fingerprint density at radius 3 is 2.63 bits per heavy atom. The van der Waals surface area contributed by atoms with Gasteiger partial charge in [-0.15, -0.1) is 0 Å². The molecule has 7 heteroatoms. The molecule has 1 aliphatic heterocycles. The van der Waals surface area contributed by atoms with E-state index < -0.39 is 0 Å². The monoisotopic (exact) mass is 370 g/mol. The molecule has 0 radical (unpaired) electrons. The topological polar surface area (TPSA) is 77.1 Å². The first kappa shape index (κ1) is 18.6. The SMILES string of the molecule is CCN1CCOc2ccc(NC(=O)COc3ccc(OC)cc3)cc2C1=O. The van der Waals surface area contributed by atoms with Gasteiger partial charge >= 0.3 is 0 Å². The van der Waals surface area contributed by atoms with Gasteiger partial charge in [-0.2, -0.15) is 0 Å². The van der Waals surface area contributed by atoms with Crippen molar-refractivity contribution in [2.75, 3.05) is 38.7 Å². The van der Waals surface area contributed by atoms with Crippen LogP contribution < -0.4 is 19.5 Å². The van der Waals surface area contributed by atoms with Crippen molar-refractivity contribution >= 4 is 17.5 Å². The number of nitrogens with one attached hydrogen (secondary N) is 1. The molecule has 1 aliphatic rings. The molecule has 2 aromatic rings. The number of anilines is 1. The van der Waals surface area contributed by atoms with Crippen molar-refractivity contribution in [3.8, 4) is 17.2 Å². The summed E-state index contributed by atoms with van der Waals surface area (Å²) in [5.74, 6) is 1.39. The summed E-state index contributed by atoms with van der Waals surface area (Å²) in [4.78, 5) is 26.4. The number of methoxy groups -OCH3 is 1. The van der Waals surface area contributed by atoms with Gasteiger partial charge in [-0.3, -0.25) is 9.59 Å². The minimum Gasteiger partial charge on any atom is -0.497 e. The number of carbonyl (C=O) groups excluding carboxylic acids is 2. The first-order valence-corrected chi connectivity index (χ1v) is 8.73. The fourth-order valence-electron chi connectivity index (χ4n) is 2.76. The number of hydrogen-bond acceptors (Lipinski definition) is 5. The maximum Gasteiger partial charge on any atom is 0.262 e. The number of carbonyl (C=O) groups is 2. The predicted molar refractivity (Wildman–Crippen MR) is 101 cm³/mol. The van der Waals surface area contributed by atoms with Crippen LogP contribution in [0.25, 0.3) is 0 Å². The van der Waals surface area contributed by atoms with Crippen LogP contribution in [-0.4, -0.2) is 50.1 Å². The van der Waals surface area contributed by atoms with Crippen molar-refractivity contribution in [2.24, 2.45) is 0 Å². The van der Waals surface area contributed by atoms with Crippen LogP contribution >= 0.6 is 0 Å². The third kappa shape index (κ3) is 4.49. The van der Waals surface area contributed by atoms with E-state index in [0.29, 0.717) is 48.2 Å². The van der Waals surface area contributed by atoms with Crippen LogP contribution in [0.4, 0.5) is 5.69 Å². The molecular formula is C20H22N2O5. The average Bonchev–Trinajstić information content (AvgIpc) is 2.85. The fraction of sp³-hybridized carbons (Fsp3) is 0.300. The lowest BCUT2D eigenvalue weighted by Crippen LogP contribution is -2.32. The third-order valence-corrected chi connectivity index (χ3v) is 4.21. The van der Waals surface area contributed by atoms with Crippen molar-refractivity contribution in [3.63, 3.8) is 0 Å². The summed E-state index contributed by atoms with van der Waals surface area (Å²) in [7, 11) is 1.58. The highest BCUT2D eigenvalue weighted by Crippen LogP contribution is 2.26. The minimum absolute atomic E-state index is 0.101. The number of hydrogen-bond donors (Lipinski definition) is 1. The number of ether oxygens (including phenoxy) is 3. The van der Waals surface area contributed by atoms with Crippen molar-refractivity contribution in [3.05, 3.63) is 48.0 Å². The molecule has 0 bridgehead atoms. The van der Waals surface area contributed by atoms with Gasteiger partial charge < -0.3 is 24.4 Å². The Hall–Kier alpha value is -3.22. The van der Waals surface area contributed by atoms with E-state index in [9.17, 15) is 9.59 Å². The third-order valence-electron chi connectivity index (χ3n) is 4.21. The van der Waals surface area contributed by atoms with Gasteiger partial charge in [0, 0.05) is 12.2 Å². The van der Waals surface area contributed by atoms with Gasteiger partial charge in [0.2, 0.25) is 0 Å². The second kappa shape index (κ2) is 8.44. The van der Waals surface area contributed by atoms with E-state index in [1.807, 2.05) is 6.92 Å². The van der Waals surface area contributed by atoms with Crippen LogP contribution in [0.1, 0.15) is 17.3 Å². The Kier molecular flexibility index (Phi) is 5.80. The van der Waals surface area contributed by atoms with Crippen LogP contribution in [0.15, 0.2) is 42.5 Å². The van der Waals surface area contributed by atoms with Crippen molar-refractivity contribution in [1.82, 2.24) is 4.90 Å². The summed E-state index contributed by atoms with van der Waals surface area (Å²) < 4.78 is 16.2. The van der Waals surface area contributed by atoms with Gasteiger partial charge in [0.25, 0.3) is 11.8 Å². The molecule has 0 saturated heterocycles. The smallest absolute Gasteiger partial charge is 0.262 e. The van der Waals surface area contributed by atoms with E-state index in [-0.39, 0.29) is 18.4 Å². The van der Waals surface area contributed by atoms with Gasteiger partial charge in [-0.25, -0.2) is 0 Å². The van der Waals surface area contributed by atoms with E-state index >= 15 is 0 Å². The molecule has 0 fully saturated rings. The Balaban J connectivity index is 1.63. The van der Waals surface area contributed by atoms with Crippen LogP contribution in [0.3, 0.4) is 0 Å². The number of likely N-dealkylation sites (N-methyl/N-ethyl adjacent to an activating group) is 1. The Labute approximate surface area is 157 Å². The number of amides is 2. The van der Waals surface area contributed by atoms with Gasteiger partial charge in [0.05, 0.1) is 19.2 Å². The van der Waals surface area contributed by atoms with Crippen molar-refractivity contribution < 1.29 is 23.8 Å². The van der Waals surface area contributed by atoms with Crippen LogP contribution in [-0.2, 0) is 4.79 Å². The minimum atomic E-state index is -0.319. The largest absolute Gasteiger partial charge is 0.497 e. The lowest BCUT2D eigenvalue weighted by Gasteiger charge is -2.17. The zero-order valence-electron chi connectivity index (χ0n) is 15.4. The summed E-state index contributed by atoms with van der Waals surface area (Å²) in [5.41, 5.74) is 0.968. The van der Waals surface area contributed by atoms with Crippen LogP contribution in [0.2, 0.25) is 0 Å². The molecule has 0 atom stereocenters. The van der Waals surface area contributed by atoms with Crippen LogP contribution in [0, 0.1) is 0 Å². The lowest BCUT2D eigenvalue weighted by atomic mass is 10.1. The van der Waals surface area contributed by atoms with Crippen molar-refractivity contribution in [1.29, 1.82) is 0 Å². The molecule has 0 spiro atoms. The fourth-order valence-corrected chi connectivity index (χ4v) is 2.76. The molecule has 7 nitrogen and oxygen atoms in total. The van der Waals surface area contributed by atoms with E-state index in [2.05, 4.69) is 5.32 Å². The summed E-state index contributed by atoms with van der Waals surface area (Å²) >= 11 is 0. The molecule has 27 heavy (non-hydrogen) atoms. The number of benzene rings is 2. The highest BCUT2D eigenvalue weighted by Gasteiger charge is 2.23. The molecule has 2 aromatic carbocycles. The van der Waals surface area contributed by atoms with Gasteiger partial charge in [-0.1, -0.05) is 0 Å². The quantitative estimate of drug-likeness (QED) is 0.846. The van der Waals surface area contributed by atoms with E-state index in [4.69, 9.17) is 14.2 Å². The molecule has 1 N–H and O–H groups in total. The molecule has 2 amide bonds. The van der Waals surface area contributed by atoms with Crippen molar-refractivity contribution in [2.45, 2.75) is 6.92 Å². The second-order valence-corrected chi connectivity index (χ2v) is 5.96. The number of fused-ring (bicyclic) bond motifs is 1. The zero-order valence-corrected chi connectivity index (χ0v) is 15.4. The van der Waals surface area contributed by atoms with Gasteiger partial charge in [-0.05, 0) is 49.4 Å². The highest BCUT2D eigenvalue weighted by atomic mass is 16.5. The number of rotatable bonds is 6. The van der Waals surface area contributed by atoms with E-state index in [1.54, 1.807) is 54.5 Å². The van der Waals surface area contributed by atoms with E-state index in [0.717, 1.165) is 0 Å². The molecule has 3 rings (SSSR count). The first-order valence-electron chi connectivity index (χ1n) is 8.73. The Morgan fingerprint density at radius 1 is 1.19 bits per heavy atom. The maximum atomic E-state index is 12.6.